The van der Waals surface area contributed by atoms with Crippen LogP contribution in [0, 0.1) is 6.92 Å². The van der Waals surface area contributed by atoms with Crippen molar-refractivity contribution in [2.75, 3.05) is 11.9 Å². The number of halogens is 1. The lowest BCUT2D eigenvalue weighted by Crippen LogP contribution is -2.03. The Bertz CT molecular complexity index is 544. The maximum absolute atomic E-state index is 6.17. The largest absolute Gasteiger partial charge is 0.370 e. The molecule has 0 aliphatic heterocycles. The van der Waals surface area contributed by atoms with Crippen LogP contribution in [0.3, 0.4) is 0 Å². The number of aromatic nitrogens is 3. The molecule has 0 fully saturated rings. The van der Waals surface area contributed by atoms with Crippen molar-refractivity contribution in [3.05, 3.63) is 28.7 Å². The van der Waals surface area contributed by atoms with Crippen molar-refractivity contribution in [3.8, 4) is 0 Å². The lowest BCUT2D eigenvalue weighted by molar-refractivity contribution is 0.965. The zero-order valence-corrected chi connectivity index (χ0v) is 13.2. The molecule has 0 unspecified atom stereocenters. The molecule has 0 radical (unpaired) electrons. The van der Waals surface area contributed by atoms with Crippen molar-refractivity contribution in [1.82, 2.24) is 14.3 Å². The van der Waals surface area contributed by atoms with E-state index in [1.54, 1.807) is 11.8 Å². The average Bonchev–Trinajstić information content (AvgIpc) is 2.82. The van der Waals surface area contributed by atoms with Gasteiger partial charge in [0.25, 0.3) is 0 Å². The van der Waals surface area contributed by atoms with Crippen molar-refractivity contribution in [3.63, 3.8) is 0 Å². The van der Waals surface area contributed by atoms with Crippen molar-refractivity contribution in [1.29, 1.82) is 0 Å². The molecule has 0 atom stereocenters. The van der Waals surface area contributed by atoms with Gasteiger partial charge in [-0.3, -0.25) is 0 Å². The number of nitrogens with zero attached hydrogens (tertiary/aromatic N) is 3. The van der Waals surface area contributed by atoms with Gasteiger partial charge in [-0.15, -0.1) is 0 Å². The van der Waals surface area contributed by atoms with Crippen molar-refractivity contribution >= 4 is 40.7 Å². The standard InChI is InChI=1S/C12H15ClN4S2/c1-3-6-14-11-5-4-9(13)10(16-11)7-18-12-15-8(2)17-19-12/h4-5H,3,6-7H2,1-2H3,(H,14,16). The first kappa shape index (κ1) is 14.6. The Morgan fingerprint density at radius 3 is 2.89 bits per heavy atom. The normalized spacial score (nSPS) is 10.7. The number of nitrogens with one attached hydrogen (secondary N) is 1. The van der Waals surface area contributed by atoms with E-state index in [1.165, 1.54) is 11.5 Å². The van der Waals surface area contributed by atoms with Crippen LogP contribution in [0.25, 0.3) is 0 Å². The van der Waals surface area contributed by atoms with Gasteiger partial charge in [-0.2, -0.15) is 4.37 Å². The van der Waals surface area contributed by atoms with Gasteiger partial charge < -0.3 is 5.32 Å². The third-order valence-electron chi connectivity index (χ3n) is 2.32. The van der Waals surface area contributed by atoms with E-state index in [2.05, 4.69) is 26.6 Å². The predicted molar refractivity (Wildman–Crippen MR) is 82.2 cm³/mol. The van der Waals surface area contributed by atoms with E-state index in [1.807, 2.05) is 19.1 Å². The summed E-state index contributed by atoms with van der Waals surface area (Å²) in [7, 11) is 0. The summed E-state index contributed by atoms with van der Waals surface area (Å²) in [6, 6.07) is 3.79. The molecular formula is C12H15ClN4S2. The molecule has 0 amide bonds. The molecule has 0 bridgehead atoms. The second-order valence-electron chi connectivity index (χ2n) is 3.95. The molecule has 1 N–H and O–H groups in total. The third kappa shape index (κ3) is 4.33. The first-order valence-corrected chi connectivity index (χ1v) is 8.15. The number of thioether (sulfide) groups is 1. The van der Waals surface area contributed by atoms with E-state index in [9.17, 15) is 0 Å². The summed E-state index contributed by atoms with van der Waals surface area (Å²) in [6.07, 6.45) is 1.07. The number of hydrogen-bond donors (Lipinski definition) is 1. The monoisotopic (exact) mass is 314 g/mol. The van der Waals surface area contributed by atoms with Crippen LogP contribution >= 0.6 is 34.9 Å². The van der Waals surface area contributed by atoms with Gasteiger partial charge in [0.1, 0.15) is 11.6 Å². The highest BCUT2D eigenvalue weighted by molar-refractivity contribution is 8.00. The van der Waals surface area contributed by atoms with Crippen LogP contribution in [0.1, 0.15) is 24.9 Å². The Morgan fingerprint density at radius 1 is 1.37 bits per heavy atom. The number of aryl methyl sites for hydroxylation is 1. The lowest BCUT2D eigenvalue weighted by Gasteiger charge is -2.07. The molecule has 0 aromatic carbocycles. The summed E-state index contributed by atoms with van der Waals surface area (Å²) >= 11 is 9.18. The van der Waals surface area contributed by atoms with E-state index >= 15 is 0 Å². The first-order chi connectivity index (χ1) is 9.19. The van der Waals surface area contributed by atoms with E-state index < -0.39 is 0 Å². The van der Waals surface area contributed by atoms with Gasteiger partial charge in [-0.1, -0.05) is 30.3 Å². The molecule has 0 aliphatic carbocycles. The fourth-order valence-corrected chi connectivity index (χ4v) is 3.26. The zero-order valence-electron chi connectivity index (χ0n) is 10.8. The summed E-state index contributed by atoms with van der Waals surface area (Å²) in [5.74, 6) is 2.38. The second kappa shape index (κ2) is 7.07. The molecule has 0 aliphatic rings. The number of pyridine rings is 1. The van der Waals surface area contributed by atoms with Crippen molar-refractivity contribution < 1.29 is 0 Å². The molecule has 102 valence electrons. The van der Waals surface area contributed by atoms with E-state index in [-0.39, 0.29) is 0 Å². The van der Waals surface area contributed by atoms with Crippen LogP contribution in [0.4, 0.5) is 5.82 Å². The van der Waals surface area contributed by atoms with Crippen LogP contribution < -0.4 is 5.32 Å². The van der Waals surface area contributed by atoms with Crippen molar-refractivity contribution in [2.45, 2.75) is 30.4 Å². The van der Waals surface area contributed by atoms with Crippen molar-refractivity contribution in [2.24, 2.45) is 0 Å². The van der Waals surface area contributed by atoms with Crippen LogP contribution in [-0.2, 0) is 5.75 Å². The molecule has 19 heavy (non-hydrogen) atoms. The van der Waals surface area contributed by atoms with Gasteiger partial charge in [0, 0.05) is 12.3 Å². The average molecular weight is 315 g/mol. The summed E-state index contributed by atoms with van der Waals surface area (Å²) in [5.41, 5.74) is 0.876. The van der Waals surface area contributed by atoms with Gasteiger partial charge in [0.2, 0.25) is 0 Å². The molecule has 4 nitrogen and oxygen atoms in total. The topological polar surface area (TPSA) is 50.7 Å². The number of rotatable bonds is 6. The fraction of sp³-hybridized carbons (Fsp3) is 0.417. The minimum absolute atomic E-state index is 0.691. The molecule has 0 spiro atoms. The Hall–Kier alpha value is -0.850. The maximum Gasteiger partial charge on any atom is 0.170 e. The quantitative estimate of drug-likeness (QED) is 0.816. The summed E-state index contributed by atoms with van der Waals surface area (Å²) in [6.45, 7) is 4.93. The Kier molecular flexibility index (Phi) is 5.42. The van der Waals surface area contributed by atoms with Crippen LogP contribution in [0.2, 0.25) is 5.02 Å². The lowest BCUT2D eigenvalue weighted by atomic mass is 10.3. The number of hydrogen-bond acceptors (Lipinski definition) is 6. The molecule has 2 aromatic heterocycles. The predicted octanol–water partition coefficient (Wildman–Crippen LogP) is 4.01. The SMILES string of the molecule is CCCNc1ccc(Cl)c(CSc2nc(C)ns2)n1. The van der Waals surface area contributed by atoms with E-state index in [0.717, 1.165) is 34.6 Å². The van der Waals surface area contributed by atoms with Gasteiger partial charge in [-0.25, -0.2) is 9.97 Å². The summed E-state index contributed by atoms with van der Waals surface area (Å²) in [5, 5.41) is 3.95. The molecule has 2 rings (SSSR count). The van der Waals surface area contributed by atoms with Gasteiger partial charge in [-0.05, 0) is 37.0 Å². The molecule has 2 aromatic rings. The Balaban J connectivity index is 2.02. The van der Waals surface area contributed by atoms with Gasteiger partial charge >= 0.3 is 0 Å². The molecule has 0 saturated carbocycles. The van der Waals surface area contributed by atoms with Gasteiger partial charge in [0.15, 0.2) is 4.34 Å². The summed E-state index contributed by atoms with van der Waals surface area (Å²) in [4.78, 5) is 8.84. The first-order valence-electron chi connectivity index (χ1n) is 6.01. The smallest absolute Gasteiger partial charge is 0.170 e. The highest BCUT2D eigenvalue weighted by Gasteiger charge is 2.07. The minimum atomic E-state index is 0.691. The molecule has 7 heteroatoms. The van der Waals surface area contributed by atoms with Gasteiger partial charge in [0.05, 0.1) is 10.7 Å². The highest BCUT2D eigenvalue weighted by atomic mass is 35.5. The van der Waals surface area contributed by atoms with Crippen LogP contribution in [0.5, 0.6) is 0 Å². The fourth-order valence-electron chi connectivity index (χ4n) is 1.40. The molecular weight excluding hydrogens is 300 g/mol. The Morgan fingerprint density at radius 2 is 2.21 bits per heavy atom. The Labute approximate surface area is 126 Å². The highest BCUT2D eigenvalue weighted by Crippen LogP contribution is 2.27. The molecule has 2 heterocycles. The third-order valence-corrected chi connectivity index (χ3v) is 4.60. The van der Waals surface area contributed by atoms with Crippen LogP contribution in [0.15, 0.2) is 16.5 Å². The minimum Gasteiger partial charge on any atom is -0.370 e. The van der Waals surface area contributed by atoms with E-state index in [0.29, 0.717) is 10.8 Å². The second-order valence-corrected chi connectivity index (χ2v) is 6.33. The maximum atomic E-state index is 6.17. The van der Waals surface area contributed by atoms with E-state index in [4.69, 9.17) is 11.6 Å². The number of anilines is 1. The molecule has 0 saturated heterocycles. The summed E-state index contributed by atoms with van der Waals surface area (Å²) < 4.78 is 5.10. The zero-order chi connectivity index (χ0) is 13.7. The van der Waals surface area contributed by atoms with Crippen LogP contribution in [-0.4, -0.2) is 20.9 Å².